The molecule has 3 rings (SSSR count). The normalized spacial score (nSPS) is 23.6. The molecule has 19 heavy (non-hydrogen) atoms. The molecule has 0 aromatic carbocycles. The number of hydrogen-bond donors (Lipinski definition) is 2. The molecule has 2 aromatic heterocycles. The van der Waals surface area contributed by atoms with Gasteiger partial charge < -0.3 is 16.0 Å². The van der Waals surface area contributed by atoms with Gasteiger partial charge in [0.05, 0.1) is 6.33 Å². The number of imidazole rings is 1. The highest BCUT2D eigenvalue weighted by Crippen LogP contribution is 2.36. The Labute approximate surface area is 111 Å². The average molecular weight is 258 g/mol. The number of nitrogen functional groups attached to an aromatic ring is 1. The summed E-state index contributed by atoms with van der Waals surface area (Å²) in [4.78, 5) is 12.6. The zero-order valence-electron chi connectivity index (χ0n) is 10.7. The van der Waals surface area contributed by atoms with Crippen molar-refractivity contribution in [3.63, 3.8) is 0 Å². The Morgan fingerprint density at radius 2 is 2.21 bits per heavy atom. The zero-order valence-corrected chi connectivity index (χ0v) is 10.7. The summed E-state index contributed by atoms with van der Waals surface area (Å²) in [5, 5.41) is 0. The van der Waals surface area contributed by atoms with Crippen molar-refractivity contribution in [3.05, 3.63) is 24.8 Å². The van der Waals surface area contributed by atoms with Crippen molar-refractivity contribution in [3.8, 4) is 0 Å². The summed E-state index contributed by atoms with van der Waals surface area (Å²) in [5.74, 6) is 1.05. The summed E-state index contributed by atoms with van der Waals surface area (Å²) in [5.41, 5.74) is 12.8. The van der Waals surface area contributed by atoms with E-state index in [1.165, 1.54) is 12.7 Å². The predicted molar refractivity (Wildman–Crippen MR) is 74.3 cm³/mol. The summed E-state index contributed by atoms with van der Waals surface area (Å²) in [6.45, 7) is 0.610. The quantitative estimate of drug-likeness (QED) is 0.808. The molecule has 2 atom stereocenters. The lowest BCUT2D eigenvalue weighted by Crippen LogP contribution is -2.05. The number of rotatable bonds is 3. The number of nitrogens with two attached hydrogens (primary N) is 2. The molecule has 0 radical (unpaired) electrons. The molecule has 1 fully saturated rings. The standard InChI is InChI=1S/C13H18N6/c14-5-1-2-9-3-4-10(6-9)19-8-18-11-12(15)16-7-17-13(11)19/h1-2,7-10H,3-6,14H2,(H2,15,16,17)/t9-,10+/m1/s1. The van der Waals surface area contributed by atoms with Crippen LogP contribution in [0.15, 0.2) is 24.8 Å². The van der Waals surface area contributed by atoms with E-state index in [0.717, 1.165) is 18.5 Å². The van der Waals surface area contributed by atoms with E-state index in [-0.39, 0.29) is 0 Å². The molecule has 2 aromatic rings. The van der Waals surface area contributed by atoms with Gasteiger partial charge in [-0.1, -0.05) is 12.2 Å². The molecule has 1 saturated carbocycles. The van der Waals surface area contributed by atoms with Gasteiger partial charge in [0.2, 0.25) is 0 Å². The minimum absolute atomic E-state index is 0.437. The summed E-state index contributed by atoms with van der Waals surface area (Å²) in [6.07, 6.45) is 11.0. The third-order valence-corrected chi connectivity index (χ3v) is 3.77. The Morgan fingerprint density at radius 3 is 3.05 bits per heavy atom. The van der Waals surface area contributed by atoms with Crippen molar-refractivity contribution in [1.82, 2.24) is 19.5 Å². The largest absolute Gasteiger partial charge is 0.382 e. The molecular weight excluding hydrogens is 240 g/mol. The SMILES string of the molecule is NCC=C[C@@H]1CC[C@H](n2cnc3c(N)ncnc32)C1. The van der Waals surface area contributed by atoms with Gasteiger partial charge in [0.1, 0.15) is 11.8 Å². The fraction of sp³-hybridized carbons (Fsp3) is 0.462. The third-order valence-electron chi connectivity index (χ3n) is 3.77. The van der Waals surface area contributed by atoms with E-state index in [4.69, 9.17) is 11.5 Å². The van der Waals surface area contributed by atoms with Gasteiger partial charge in [-0.25, -0.2) is 15.0 Å². The number of hydrogen-bond acceptors (Lipinski definition) is 5. The summed E-state index contributed by atoms with van der Waals surface area (Å²) in [6, 6.07) is 0.437. The minimum Gasteiger partial charge on any atom is -0.382 e. The average Bonchev–Trinajstić information content (AvgIpc) is 3.02. The van der Waals surface area contributed by atoms with Crippen LogP contribution in [0.3, 0.4) is 0 Å². The molecule has 1 aliphatic rings. The second-order valence-electron chi connectivity index (χ2n) is 4.97. The molecular formula is C13H18N6. The molecule has 6 heteroatoms. The molecule has 0 unspecified atom stereocenters. The van der Waals surface area contributed by atoms with Crippen LogP contribution in [0, 0.1) is 5.92 Å². The lowest BCUT2D eigenvalue weighted by atomic mass is 10.1. The molecule has 0 spiro atoms. The van der Waals surface area contributed by atoms with Crippen LogP contribution < -0.4 is 11.5 Å². The molecule has 6 nitrogen and oxygen atoms in total. The Kier molecular flexibility index (Phi) is 3.16. The lowest BCUT2D eigenvalue weighted by molar-refractivity contribution is 0.515. The van der Waals surface area contributed by atoms with E-state index >= 15 is 0 Å². The maximum Gasteiger partial charge on any atom is 0.165 e. The maximum absolute atomic E-state index is 5.81. The number of allylic oxidation sites excluding steroid dienone is 1. The van der Waals surface area contributed by atoms with Gasteiger partial charge in [-0.05, 0) is 25.2 Å². The highest BCUT2D eigenvalue weighted by molar-refractivity contribution is 5.81. The molecule has 4 N–H and O–H groups in total. The van der Waals surface area contributed by atoms with Crippen LogP contribution in [0.4, 0.5) is 5.82 Å². The van der Waals surface area contributed by atoms with E-state index < -0.39 is 0 Å². The van der Waals surface area contributed by atoms with Crippen molar-refractivity contribution >= 4 is 17.0 Å². The minimum atomic E-state index is 0.437. The van der Waals surface area contributed by atoms with Crippen LogP contribution in [-0.2, 0) is 0 Å². The van der Waals surface area contributed by atoms with E-state index in [1.54, 1.807) is 0 Å². The van der Waals surface area contributed by atoms with E-state index in [9.17, 15) is 0 Å². The Bertz CT molecular complexity index is 602. The van der Waals surface area contributed by atoms with Gasteiger partial charge in [-0.3, -0.25) is 0 Å². The zero-order chi connectivity index (χ0) is 13.2. The molecule has 0 aliphatic heterocycles. The number of aromatic nitrogens is 4. The third kappa shape index (κ3) is 2.19. The Hall–Kier alpha value is -1.95. The summed E-state index contributed by atoms with van der Waals surface area (Å²) in [7, 11) is 0. The van der Waals surface area contributed by atoms with Crippen LogP contribution in [0.2, 0.25) is 0 Å². The van der Waals surface area contributed by atoms with Crippen molar-refractivity contribution < 1.29 is 0 Å². The highest BCUT2D eigenvalue weighted by Gasteiger charge is 2.25. The second kappa shape index (κ2) is 4.97. The Balaban J connectivity index is 1.86. The Morgan fingerprint density at radius 1 is 1.32 bits per heavy atom. The summed E-state index contributed by atoms with van der Waals surface area (Å²) < 4.78 is 2.13. The predicted octanol–water partition coefficient (Wildman–Crippen LogP) is 1.26. The van der Waals surface area contributed by atoms with Gasteiger partial charge in [0.15, 0.2) is 11.5 Å². The van der Waals surface area contributed by atoms with E-state index in [1.807, 2.05) is 12.4 Å². The monoisotopic (exact) mass is 258 g/mol. The van der Waals surface area contributed by atoms with Crippen molar-refractivity contribution in [2.24, 2.45) is 11.7 Å². The first-order chi connectivity index (χ1) is 9.29. The highest BCUT2D eigenvalue weighted by atomic mass is 15.1. The van der Waals surface area contributed by atoms with Gasteiger partial charge in [0.25, 0.3) is 0 Å². The first-order valence-electron chi connectivity index (χ1n) is 6.59. The first kappa shape index (κ1) is 12.1. The molecule has 100 valence electrons. The van der Waals surface area contributed by atoms with Gasteiger partial charge in [-0.15, -0.1) is 0 Å². The smallest absolute Gasteiger partial charge is 0.165 e. The molecule has 0 amide bonds. The van der Waals surface area contributed by atoms with Crippen LogP contribution in [-0.4, -0.2) is 26.1 Å². The fourth-order valence-electron chi connectivity index (χ4n) is 2.83. The molecule has 2 heterocycles. The van der Waals surface area contributed by atoms with Crippen LogP contribution >= 0.6 is 0 Å². The van der Waals surface area contributed by atoms with Crippen molar-refractivity contribution in [2.75, 3.05) is 12.3 Å². The van der Waals surface area contributed by atoms with Gasteiger partial charge >= 0.3 is 0 Å². The summed E-state index contributed by atoms with van der Waals surface area (Å²) >= 11 is 0. The molecule has 0 bridgehead atoms. The first-order valence-corrected chi connectivity index (χ1v) is 6.59. The number of nitrogens with zero attached hydrogens (tertiary/aromatic N) is 4. The van der Waals surface area contributed by atoms with Gasteiger partial charge in [0, 0.05) is 12.6 Å². The molecule has 0 saturated heterocycles. The number of fused-ring (bicyclic) bond motifs is 1. The fourth-order valence-corrected chi connectivity index (χ4v) is 2.83. The van der Waals surface area contributed by atoms with Crippen LogP contribution in [0.5, 0.6) is 0 Å². The number of anilines is 1. The van der Waals surface area contributed by atoms with E-state index in [0.29, 0.717) is 29.8 Å². The molecule has 1 aliphatic carbocycles. The van der Waals surface area contributed by atoms with Gasteiger partial charge in [-0.2, -0.15) is 0 Å². The van der Waals surface area contributed by atoms with Crippen LogP contribution in [0.25, 0.3) is 11.2 Å². The van der Waals surface area contributed by atoms with Crippen molar-refractivity contribution in [2.45, 2.75) is 25.3 Å². The lowest BCUT2D eigenvalue weighted by Gasteiger charge is -2.12. The van der Waals surface area contributed by atoms with Crippen LogP contribution in [0.1, 0.15) is 25.3 Å². The topological polar surface area (TPSA) is 95.6 Å². The van der Waals surface area contributed by atoms with Crippen molar-refractivity contribution in [1.29, 1.82) is 0 Å². The van der Waals surface area contributed by atoms with E-state index in [2.05, 4.69) is 25.6 Å². The maximum atomic E-state index is 5.81. The second-order valence-corrected chi connectivity index (χ2v) is 4.97.